The van der Waals surface area contributed by atoms with Crippen LogP contribution in [0.4, 0.5) is 0 Å². The molecular formula is C17H21N3O4. The zero-order valence-corrected chi connectivity index (χ0v) is 14.3. The molecule has 0 aromatic carbocycles. The Balaban J connectivity index is 1.82. The van der Waals surface area contributed by atoms with E-state index >= 15 is 0 Å². The standard InChI is InChI=1S/C17H21N3O4/c1-8(2)16-19-20-17(24-16)9(3)18-15(22)13-10(4)23-12-7-5-6-11(21)14(12)13/h8-9H,5-7H2,1-4H3,(H,18,22)/t9-/m0/s1. The van der Waals surface area contributed by atoms with E-state index in [1.165, 1.54) is 0 Å². The van der Waals surface area contributed by atoms with Gasteiger partial charge in [0.1, 0.15) is 17.6 Å². The Hall–Kier alpha value is -2.44. The number of fused-ring (bicyclic) bond motifs is 1. The van der Waals surface area contributed by atoms with Crippen LogP contribution >= 0.6 is 0 Å². The summed E-state index contributed by atoms with van der Waals surface area (Å²) in [5, 5.41) is 10.8. The van der Waals surface area contributed by atoms with Gasteiger partial charge in [-0.15, -0.1) is 10.2 Å². The highest BCUT2D eigenvalue weighted by Gasteiger charge is 2.31. The van der Waals surface area contributed by atoms with Crippen LogP contribution in [0, 0.1) is 6.92 Å². The Morgan fingerprint density at radius 1 is 1.12 bits per heavy atom. The number of amides is 1. The molecule has 0 spiro atoms. The van der Waals surface area contributed by atoms with Crippen LogP contribution in [0.3, 0.4) is 0 Å². The van der Waals surface area contributed by atoms with Gasteiger partial charge in [0.2, 0.25) is 11.8 Å². The maximum Gasteiger partial charge on any atom is 0.256 e. The summed E-state index contributed by atoms with van der Waals surface area (Å²) in [6.07, 6.45) is 1.89. The summed E-state index contributed by atoms with van der Waals surface area (Å²) in [6.45, 7) is 7.37. The van der Waals surface area contributed by atoms with Crippen LogP contribution in [0.25, 0.3) is 0 Å². The van der Waals surface area contributed by atoms with Gasteiger partial charge in [0.15, 0.2) is 5.78 Å². The minimum atomic E-state index is -0.457. The average molecular weight is 331 g/mol. The first kappa shape index (κ1) is 16.4. The summed E-state index contributed by atoms with van der Waals surface area (Å²) < 4.78 is 11.2. The largest absolute Gasteiger partial charge is 0.465 e. The molecule has 3 rings (SSSR count). The molecule has 1 N–H and O–H groups in total. The van der Waals surface area contributed by atoms with E-state index in [-0.39, 0.29) is 17.6 Å². The summed E-state index contributed by atoms with van der Waals surface area (Å²) in [5.74, 6) is 1.67. The number of hydrogen-bond acceptors (Lipinski definition) is 6. The zero-order valence-electron chi connectivity index (χ0n) is 14.3. The van der Waals surface area contributed by atoms with Crippen molar-refractivity contribution in [2.75, 3.05) is 0 Å². The Labute approximate surface area is 139 Å². The van der Waals surface area contributed by atoms with E-state index in [2.05, 4.69) is 15.5 Å². The molecule has 0 unspecified atom stereocenters. The van der Waals surface area contributed by atoms with Gasteiger partial charge < -0.3 is 14.2 Å². The lowest BCUT2D eigenvalue weighted by molar-refractivity contribution is 0.0913. The molecule has 128 valence electrons. The predicted octanol–water partition coefficient (Wildman–Crippen LogP) is 3.10. The van der Waals surface area contributed by atoms with Gasteiger partial charge in [0.05, 0.1) is 11.1 Å². The Kier molecular flexibility index (Phi) is 4.26. The van der Waals surface area contributed by atoms with Crippen molar-refractivity contribution in [3.05, 3.63) is 34.4 Å². The number of rotatable bonds is 4. The van der Waals surface area contributed by atoms with Crippen LogP contribution in [0.5, 0.6) is 0 Å². The number of ketones is 1. The van der Waals surface area contributed by atoms with Gasteiger partial charge in [-0.05, 0) is 20.3 Å². The van der Waals surface area contributed by atoms with Gasteiger partial charge in [-0.25, -0.2) is 0 Å². The summed E-state index contributed by atoms with van der Waals surface area (Å²) in [5.41, 5.74) is 0.752. The van der Waals surface area contributed by atoms with Crippen molar-refractivity contribution >= 4 is 11.7 Å². The lowest BCUT2D eigenvalue weighted by atomic mass is 9.93. The SMILES string of the molecule is Cc1oc2c(c1C(=O)N[C@@H](C)c1nnc(C(C)C)o1)C(=O)CCC2. The molecule has 0 saturated carbocycles. The number of nitrogens with one attached hydrogen (secondary N) is 1. The number of furan rings is 1. The first-order valence-corrected chi connectivity index (χ1v) is 8.18. The molecule has 2 aromatic heterocycles. The second-order valence-corrected chi connectivity index (χ2v) is 6.44. The van der Waals surface area contributed by atoms with Gasteiger partial charge in [-0.1, -0.05) is 13.8 Å². The summed E-state index contributed by atoms with van der Waals surface area (Å²) in [7, 11) is 0. The van der Waals surface area contributed by atoms with E-state index in [1.54, 1.807) is 13.8 Å². The highest BCUT2D eigenvalue weighted by molar-refractivity contribution is 6.10. The Morgan fingerprint density at radius 2 is 1.83 bits per heavy atom. The number of hydrogen-bond donors (Lipinski definition) is 1. The molecule has 0 radical (unpaired) electrons. The van der Waals surface area contributed by atoms with Gasteiger partial charge >= 0.3 is 0 Å². The first-order valence-electron chi connectivity index (χ1n) is 8.18. The van der Waals surface area contributed by atoms with Crippen LogP contribution in [0.15, 0.2) is 8.83 Å². The van der Waals surface area contributed by atoms with Gasteiger partial charge in [0, 0.05) is 18.8 Å². The van der Waals surface area contributed by atoms with E-state index in [1.807, 2.05) is 13.8 Å². The third-order valence-electron chi connectivity index (χ3n) is 4.14. The average Bonchev–Trinajstić information content (AvgIpc) is 3.11. The fourth-order valence-electron chi connectivity index (χ4n) is 2.87. The normalized spacial score (nSPS) is 15.5. The number of aryl methyl sites for hydroxylation is 2. The molecular weight excluding hydrogens is 310 g/mol. The van der Waals surface area contributed by atoms with Gasteiger partial charge in [0.25, 0.3) is 5.91 Å². The van der Waals surface area contributed by atoms with E-state index in [0.29, 0.717) is 47.3 Å². The smallest absolute Gasteiger partial charge is 0.256 e. The second kappa shape index (κ2) is 6.22. The van der Waals surface area contributed by atoms with Crippen molar-refractivity contribution in [1.29, 1.82) is 0 Å². The molecule has 1 atom stereocenters. The van der Waals surface area contributed by atoms with Crippen LogP contribution in [-0.2, 0) is 6.42 Å². The molecule has 7 nitrogen and oxygen atoms in total. The summed E-state index contributed by atoms with van der Waals surface area (Å²) in [4.78, 5) is 24.8. The molecule has 0 saturated heterocycles. The highest BCUT2D eigenvalue weighted by Crippen LogP contribution is 2.30. The van der Waals surface area contributed by atoms with Crippen LogP contribution in [0.2, 0.25) is 0 Å². The Morgan fingerprint density at radius 3 is 2.50 bits per heavy atom. The molecule has 1 aliphatic rings. The summed E-state index contributed by atoms with van der Waals surface area (Å²) >= 11 is 0. The third kappa shape index (κ3) is 2.86. The van der Waals surface area contributed by atoms with Crippen molar-refractivity contribution in [2.45, 2.75) is 58.9 Å². The van der Waals surface area contributed by atoms with Gasteiger partial charge in [-0.3, -0.25) is 9.59 Å². The van der Waals surface area contributed by atoms with Crippen molar-refractivity contribution in [1.82, 2.24) is 15.5 Å². The van der Waals surface area contributed by atoms with Crippen molar-refractivity contribution in [3.63, 3.8) is 0 Å². The minimum absolute atomic E-state index is 0.0363. The van der Waals surface area contributed by atoms with Crippen LogP contribution < -0.4 is 5.32 Å². The number of carbonyl (C=O) groups excluding carboxylic acids is 2. The lowest BCUT2D eigenvalue weighted by Gasteiger charge is -2.12. The molecule has 2 heterocycles. The van der Waals surface area contributed by atoms with E-state index in [4.69, 9.17) is 8.83 Å². The summed E-state index contributed by atoms with van der Waals surface area (Å²) in [6, 6.07) is -0.457. The highest BCUT2D eigenvalue weighted by atomic mass is 16.4. The maximum atomic E-state index is 12.7. The molecule has 0 bridgehead atoms. The van der Waals surface area contributed by atoms with Crippen molar-refractivity contribution in [2.24, 2.45) is 0 Å². The number of aromatic nitrogens is 2. The quantitative estimate of drug-likeness (QED) is 0.924. The predicted molar refractivity (Wildman–Crippen MR) is 85.0 cm³/mol. The minimum Gasteiger partial charge on any atom is -0.465 e. The number of nitrogens with zero attached hydrogens (tertiary/aromatic N) is 2. The van der Waals surface area contributed by atoms with Gasteiger partial charge in [-0.2, -0.15) is 0 Å². The maximum absolute atomic E-state index is 12.7. The second-order valence-electron chi connectivity index (χ2n) is 6.44. The molecule has 1 aliphatic carbocycles. The van der Waals surface area contributed by atoms with E-state index in [9.17, 15) is 9.59 Å². The lowest BCUT2D eigenvalue weighted by Crippen LogP contribution is -2.29. The van der Waals surface area contributed by atoms with E-state index < -0.39 is 6.04 Å². The first-order chi connectivity index (χ1) is 11.4. The number of carbonyl (C=O) groups is 2. The molecule has 7 heteroatoms. The molecule has 1 amide bonds. The number of Topliss-reactive ketones (excluding diaryl/α,β-unsaturated/α-hetero) is 1. The molecule has 24 heavy (non-hydrogen) atoms. The monoisotopic (exact) mass is 331 g/mol. The third-order valence-corrected chi connectivity index (χ3v) is 4.14. The van der Waals surface area contributed by atoms with Crippen LogP contribution in [-0.4, -0.2) is 21.9 Å². The zero-order chi connectivity index (χ0) is 17.4. The van der Waals surface area contributed by atoms with Crippen molar-refractivity contribution < 1.29 is 18.4 Å². The van der Waals surface area contributed by atoms with Crippen molar-refractivity contribution in [3.8, 4) is 0 Å². The Bertz CT molecular complexity index is 788. The molecule has 0 aliphatic heterocycles. The molecule has 2 aromatic rings. The fourth-order valence-corrected chi connectivity index (χ4v) is 2.87. The fraction of sp³-hybridized carbons (Fsp3) is 0.529. The topological polar surface area (TPSA) is 98.2 Å². The molecule has 0 fully saturated rings. The van der Waals surface area contributed by atoms with E-state index in [0.717, 1.165) is 6.42 Å². The van der Waals surface area contributed by atoms with Crippen LogP contribution in [0.1, 0.15) is 89.6 Å².